The van der Waals surface area contributed by atoms with E-state index >= 15 is 0 Å². The molecule has 2 heterocycles. The summed E-state index contributed by atoms with van der Waals surface area (Å²) in [4.78, 5) is 0. The van der Waals surface area contributed by atoms with E-state index < -0.39 is 10.0 Å². The maximum Gasteiger partial charge on any atom is 0.217 e. The normalized spacial score (nSPS) is 35.6. The SMILES string of the molecule is O=S(=O)(C1CCNCC1)N1CCC2CCCCC21. The highest BCUT2D eigenvalue weighted by Crippen LogP contribution is 2.39. The van der Waals surface area contributed by atoms with Crippen LogP contribution >= 0.6 is 0 Å². The van der Waals surface area contributed by atoms with E-state index in [1.165, 1.54) is 19.3 Å². The molecule has 18 heavy (non-hydrogen) atoms. The average molecular weight is 272 g/mol. The Bertz CT molecular complexity index is 390. The van der Waals surface area contributed by atoms with Crippen LogP contribution in [0.1, 0.15) is 44.9 Å². The molecule has 0 aromatic heterocycles. The van der Waals surface area contributed by atoms with E-state index in [9.17, 15) is 8.42 Å². The molecule has 0 aromatic rings. The molecule has 0 spiro atoms. The molecule has 2 aliphatic heterocycles. The molecule has 4 nitrogen and oxygen atoms in total. The second-order valence-corrected chi connectivity index (χ2v) is 8.17. The first-order chi connectivity index (χ1) is 8.69. The molecule has 0 aromatic carbocycles. The Labute approximate surface area is 110 Å². The number of hydrogen-bond acceptors (Lipinski definition) is 3. The van der Waals surface area contributed by atoms with Gasteiger partial charge in [-0.3, -0.25) is 0 Å². The highest BCUT2D eigenvalue weighted by atomic mass is 32.2. The molecule has 1 saturated carbocycles. The van der Waals surface area contributed by atoms with Crippen molar-refractivity contribution in [3.63, 3.8) is 0 Å². The molecule has 3 fully saturated rings. The highest BCUT2D eigenvalue weighted by Gasteiger charge is 2.44. The molecule has 1 N–H and O–H groups in total. The van der Waals surface area contributed by atoms with Crippen molar-refractivity contribution >= 4 is 10.0 Å². The molecule has 5 heteroatoms. The summed E-state index contributed by atoms with van der Waals surface area (Å²) in [7, 11) is -3.04. The fourth-order valence-electron chi connectivity index (χ4n) is 3.96. The second-order valence-electron chi connectivity index (χ2n) is 6.01. The Morgan fingerprint density at radius 2 is 1.67 bits per heavy atom. The van der Waals surface area contributed by atoms with E-state index in [0.29, 0.717) is 12.0 Å². The van der Waals surface area contributed by atoms with Crippen LogP contribution in [0.2, 0.25) is 0 Å². The fourth-order valence-corrected chi connectivity index (χ4v) is 6.19. The number of nitrogens with zero attached hydrogens (tertiary/aromatic N) is 1. The zero-order chi connectivity index (χ0) is 12.6. The van der Waals surface area contributed by atoms with Gasteiger partial charge >= 0.3 is 0 Å². The predicted octanol–water partition coefficient (Wildman–Crippen LogP) is 1.33. The van der Waals surface area contributed by atoms with Gasteiger partial charge in [0.15, 0.2) is 0 Å². The summed E-state index contributed by atoms with van der Waals surface area (Å²) in [5, 5.41) is 3.13. The van der Waals surface area contributed by atoms with Gasteiger partial charge in [-0.2, -0.15) is 4.31 Å². The van der Waals surface area contributed by atoms with E-state index in [1.54, 1.807) is 0 Å². The molecule has 0 radical (unpaired) electrons. The number of sulfonamides is 1. The second kappa shape index (κ2) is 5.10. The molecule has 1 aliphatic carbocycles. The highest BCUT2D eigenvalue weighted by molar-refractivity contribution is 7.89. The van der Waals surface area contributed by atoms with Crippen LogP contribution in [-0.4, -0.2) is 43.6 Å². The first-order valence-corrected chi connectivity index (χ1v) is 8.91. The summed E-state index contributed by atoms with van der Waals surface area (Å²) in [5.74, 6) is 0.648. The van der Waals surface area contributed by atoms with Gasteiger partial charge < -0.3 is 5.32 Å². The summed E-state index contributed by atoms with van der Waals surface area (Å²) in [6.45, 7) is 2.49. The molecule has 3 rings (SSSR count). The van der Waals surface area contributed by atoms with Gasteiger partial charge in [0.25, 0.3) is 0 Å². The number of nitrogens with one attached hydrogen (secondary N) is 1. The Morgan fingerprint density at radius 1 is 0.944 bits per heavy atom. The molecule has 2 atom stereocenters. The summed E-state index contributed by atoms with van der Waals surface area (Å²) in [6, 6.07) is 0.332. The monoisotopic (exact) mass is 272 g/mol. The topological polar surface area (TPSA) is 49.4 Å². The Hall–Kier alpha value is -0.130. The molecule has 0 amide bonds. The smallest absolute Gasteiger partial charge is 0.217 e. The summed E-state index contributed by atoms with van der Waals surface area (Å²) < 4.78 is 27.4. The van der Waals surface area contributed by atoms with Crippen LogP contribution in [0.3, 0.4) is 0 Å². The lowest BCUT2D eigenvalue weighted by Crippen LogP contribution is -2.47. The third-order valence-corrected chi connectivity index (χ3v) is 7.41. The number of fused-ring (bicyclic) bond motifs is 1. The van der Waals surface area contributed by atoms with Gasteiger partial charge in [-0.05, 0) is 51.1 Å². The van der Waals surface area contributed by atoms with Gasteiger partial charge in [0, 0.05) is 12.6 Å². The number of rotatable bonds is 2. The van der Waals surface area contributed by atoms with Crippen molar-refractivity contribution in [2.24, 2.45) is 5.92 Å². The van der Waals surface area contributed by atoms with Gasteiger partial charge in [-0.1, -0.05) is 12.8 Å². The Morgan fingerprint density at radius 3 is 2.44 bits per heavy atom. The minimum absolute atomic E-state index is 0.126. The van der Waals surface area contributed by atoms with Crippen molar-refractivity contribution in [1.82, 2.24) is 9.62 Å². The largest absolute Gasteiger partial charge is 0.317 e. The molecule has 3 aliphatic rings. The molecule has 2 saturated heterocycles. The molecular formula is C13H24N2O2S. The Balaban J connectivity index is 1.76. The molecular weight excluding hydrogens is 248 g/mol. The lowest BCUT2D eigenvalue weighted by molar-refractivity contribution is 0.257. The minimum Gasteiger partial charge on any atom is -0.317 e. The fraction of sp³-hybridized carbons (Fsp3) is 1.00. The van der Waals surface area contributed by atoms with Crippen molar-refractivity contribution in [1.29, 1.82) is 0 Å². The van der Waals surface area contributed by atoms with Crippen molar-refractivity contribution in [3.05, 3.63) is 0 Å². The van der Waals surface area contributed by atoms with Crippen LogP contribution in [-0.2, 0) is 10.0 Å². The third kappa shape index (κ3) is 2.21. The Kier molecular flexibility index (Phi) is 3.65. The first kappa shape index (κ1) is 12.9. The lowest BCUT2D eigenvalue weighted by Gasteiger charge is -2.34. The maximum absolute atomic E-state index is 12.7. The van der Waals surface area contributed by atoms with Gasteiger partial charge in [0.2, 0.25) is 10.0 Å². The van der Waals surface area contributed by atoms with Crippen molar-refractivity contribution in [2.45, 2.75) is 56.2 Å². The standard InChI is InChI=1S/C13H24N2O2S/c16-18(17,12-5-8-14-9-6-12)15-10-7-11-3-1-2-4-13(11)15/h11-14H,1-10H2. The van der Waals surface area contributed by atoms with Crippen LogP contribution in [0.25, 0.3) is 0 Å². The molecule has 0 bridgehead atoms. The van der Waals surface area contributed by atoms with Crippen molar-refractivity contribution < 1.29 is 8.42 Å². The summed E-state index contributed by atoms with van der Waals surface area (Å²) in [6.07, 6.45) is 7.50. The van der Waals surface area contributed by atoms with Crippen molar-refractivity contribution in [3.8, 4) is 0 Å². The quantitative estimate of drug-likeness (QED) is 0.825. The van der Waals surface area contributed by atoms with E-state index in [2.05, 4.69) is 5.32 Å². The lowest BCUT2D eigenvalue weighted by atomic mass is 9.86. The van der Waals surface area contributed by atoms with Gasteiger partial charge in [-0.25, -0.2) is 8.42 Å². The maximum atomic E-state index is 12.7. The summed E-state index contributed by atoms with van der Waals surface area (Å²) in [5.41, 5.74) is 0. The van der Waals surface area contributed by atoms with Crippen LogP contribution in [0.5, 0.6) is 0 Å². The zero-order valence-corrected chi connectivity index (χ0v) is 11.8. The number of piperidine rings is 1. The summed E-state index contributed by atoms with van der Waals surface area (Å²) >= 11 is 0. The van der Waals surface area contributed by atoms with Gasteiger partial charge in [-0.15, -0.1) is 0 Å². The minimum atomic E-state index is -3.04. The van der Waals surface area contributed by atoms with Gasteiger partial charge in [0.1, 0.15) is 0 Å². The van der Waals surface area contributed by atoms with Crippen LogP contribution < -0.4 is 5.32 Å². The third-order valence-electron chi connectivity index (χ3n) is 4.99. The van der Waals surface area contributed by atoms with Crippen LogP contribution in [0.15, 0.2) is 0 Å². The van der Waals surface area contributed by atoms with Crippen molar-refractivity contribution in [2.75, 3.05) is 19.6 Å². The number of hydrogen-bond donors (Lipinski definition) is 1. The van der Waals surface area contributed by atoms with Gasteiger partial charge in [0.05, 0.1) is 5.25 Å². The van der Waals surface area contributed by atoms with Crippen LogP contribution in [0.4, 0.5) is 0 Å². The van der Waals surface area contributed by atoms with E-state index in [4.69, 9.17) is 0 Å². The van der Waals surface area contributed by atoms with Crippen LogP contribution in [0, 0.1) is 5.92 Å². The van der Waals surface area contributed by atoms with E-state index in [0.717, 1.165) is 45.3 Å². The van der Waals surface area contributed by atoms with E-state index in [1.807, 2.05) is 4.31 Å². The molecule has 2 unspecified atom stereocenters. The zero-order valence-electron chi connectivity index (χ0n) is 11.0. The first-order valence-electron chi connectivity index (χ1n) is 7.41. The molecule has 104 valence electrons. The van der Waals surface area contributed by atoms with E-state index in [-0.39, 0.29) is 5.25 Å². The predicted molar refractivity (Wildman–Crippen MR) is 71.9 cm³/mol. The average Bonchev–Trinajstić information content (AvgIpc) is 2.84.